The van der Waals surface area contributed by atoms with Crippen LogP contribution in [0.5, 0.6) is 0 Å². The topological polar surface area (TPSA) is 54.0 Å². The summed E-state index contributed by atoms with van der Waals surface area (Å²) in [6.45, 7) is 1.97. The molecule has 0 saturated heterocycles. The van der Waals surface area contributed by atoms with Crippen molar-refractivity contribution < 1.29 is 4.79 Å². The third kappa shape index (κ3) is 3.64. The van der Waals surface area contributed by atoms with Crippen molar-refractivity contribution >= 4 is 17.4 Å². The fourth-order valence-corrected chi connectivity index (χ4v) is 2.83. The molecule has 2 aromatic rings. The van der Waals surface area contributed by atoms with E-state index in [0.717, 1.165) is 11.3 Å². The fraction of sp³-hybridized carbons (Fsp3) is 0.333. The van der Waals surface area contributed by atoms with Crippen molar-refractivity contribution in [2.24, 2.45) is 0 Å². The lowest BCUT2D eigenvalue weighted by Gasteiger charge is -2.13. The number of carbonyl (C=O) groups excluding carboxylic acids is 1. The van der Waals surface area contributed by atoms with Crippen LogP contribution in [0.4, 0.5) is 11.5 Å². The van der Waals surface area contributed by atoms with Crippen molar-refractivity contribution in [3.63, 3.8) is 0 Å². The molecule has 4 nitrogen and oxygen atoms in total. The first-order valence-corrected chi connectivity index (χ1v) is 7.81. The SMILES string of the molecule is Cc1cccc(C(=O)Nc2ccc(NC3CCCC3)cn2)c1. The summed E-state index contributed by atoms with van der Waals surface area (Å²) in [6, 6.07) is 11.9. The van der Waals surface area contributed by atoms with Crippen LogP contribution >= 0.6 is 0 Å². The van der Waals surface area contributed by atoms with Crippen LogP contribution in [0, 0.1) is 6.92 Å². The number of rotatable bonds is 4. The van der Waals surface area contributed by atoms with Crippen molar-refractivity contribution in [3.05, 3.63) is 53.7 Å². The van der Waals surface area contributed by atoms with E-state index in [2.05, 4.69) is 15.6 Å². The van der Waals surface area contributed by atoms with E-state index < -0.39 is 0 Å². The van der Waals surface area contributed by atoms with Gasteiger partial charge in [0.1, 0.15) is 5.82 Å². The summed E-state index contributed by atoms with van der Waals surface area (Å²) in [6.07, 6.45) is 6.84. The number of amides is 1. The van der Waals surface area contributed by atoms with E-state index in [1.807, 2.05) is 37.3 Å². The highest BCUT2D eigenvalue weighted by Crippen LogP contribution is 2.22. The van der Waals surface area contributed by atoms with Crippen molar-refractivity contribution in [1.29, 1.82) is 0 Å². The zero-order valence-electron chi connectivity index (χ0n) is 12.8. The molecule has 0 spiro atoms. The first-order valence-electron chi connectivity index (χ1n) is 7.81. The molecule has 114 valence electrons. The smallest absolute Gasteiger partial charge is 0.256 e. The van der Waals surface area contributed by atoms with Gasteiger partial charge in [-0.25, -0.2) is 4.98 Å². The molecule has 0 radical (unpaired) electrons. The lowest BCUT2D eigenvalue weighted by atomic mass is 10.1. The lowest BCUT2D eigenvalue weighted by molar-refractivity contribution is 0.102. The Kier molecular flexibility index (Phi) is 4.37. The normalized spacial score (nSPS) is 14.8. The number of nitrogens with zero attached hydrogens (tertiary/aromatic N) is 1. The summed E-state index contributed by atoms with van der Waals surface area (Å²) in [5, 5.41) is 6.31. The van der Waals surface area contributed by atoms with Crippen molar-refractivity contribution in [2.45, 2.75) is 38.6 Å². The highest BCUT2D eigenvalue weighted by molar-refractivity contribution is 6.03. The van der Waals surface area contributed by atoms with E-state index >= 15 is 0 Å². The van der Waals surface area contributed by atoms with E-state index in [1.165, 1.54) is 25.7 Å². The van der Waals surface area contributed by atoms with Crippen LogP contribution in [-0.4, -0.2) is 16.9 Å². The number of pyridine rings is 1. The van der Waals surface area contributed by atoms with E-state index in [1.54, 1.807) is 12.3 Å². The first-order chi connectivity index (χ1) is 10.7. The predicted molar refractivity (Wildman–Crippen MR) is 89.2 cm³/mol. The molecule has 3 rings (SSSR count). The molecule has 1 aliphatic carbocycles. The maximum absolute atomic E-state index is 12.2. The molecule has 0 bridgehead atoms. The first kappa shape index (κ1) is 14.6. The monoisotopic (exact) mass is 295 g/mol. The molecular formula is C18H21N3O. The molecule has 1 heterocycles. The Bertz CT molecular complexity index is 646. The summed E-state index contributed by atoms with van der Waals surface area (Å²) >= 11 is 0. The van der Waals surface area contributed by atoms with Crippen LogP contribution in [0.3, 0.4) is 0 Å². The average Bonchev–Trinajstić information content (AvgIpc) is 3.02. The second kappa shape index (κ2) is 6.60. The van der Waals surface area contributed by atoms with Gasteiger partial charge in [-0.15, -0.1) is 0 Å². The lowest BCUT2D eigenvalue weighted by Crippen LogP contribution is -2.15. The van der Waals surface area contributed by atoms with Gasteiger partial charge in [0, 0.05) is 11.6 Å². The highest BCUT2D eigenvalue weighted by atomic mass is 16.1. The Labute approximate surface area is 131 Å². The second-order valence-electron chi connectivity index (χ2n) is 5.88. The Morgan fingerprint density at radius 2 is 2.00 bits per heavy atom. The van der Waals surface area contributed by atoms with E-state index in [9.17, 15) is 4.79 Å². The van der Waals surface area contributed by atoms with Gasteiger partial charge in [-0.3, -0.25) is 4.79 Å². The summed E-state index contributed by atoms with van der Waals surface area (Å²) in [4.78, 5) is 16.5. The van der Waals surface area contributed by atoms with Crippen LogP contribution in [0.15, 0.2) is 42.6 Å². The van der Waals surface area contributed by atoms with Crippen LogP contribution in [0.1, 0.15) is 41.6 Å². The number of hydrogen-bond donors (Lipinski definition) is 2. The minimum atomic E-state index is -0.132. The number of benzene rings is 1. The van der Waals surface area contributed by atoms with E-state index in [-0.39, 0.29) is 5.91 Å². The van der Waals surface area contributed by atoms with Gasteiger partial charge in [-0.1, -0.05) is 30.5 Å². The summed E-state index contributed by atoms with van der Waals surface area (Å²) in [5.41, 5.74) is 2.73. The molecule has 0 atom stereocenters. The van der Waals surface area contributed by atoms with Crippen molar-refractivity contribution in [1.82, 2.24) is 4.98 Å². The van der Waals surface area contributed by atoms with Crippen LogP contribution in [0.2, 0.25) is 0 Å². The minimum absolute atomic E-state index is 0.132. The standard InChI is InChI=1S/C18H21N3O/c1-13-5-4-6-14(11-13)18(22)21-17-10-9-16(12-19-17)20-15-7-2-3-8-15/h4-6,9-12,15,20H,2-3,7-8H2,1H3,(H,19,21,22). The van der Waals surface area contributed by atoms with E-state index in [4.69, 9.17) is 0 Å². The average molecular weight is 295 g/mol. The maximum atomic E-state index is 12.2. The third-order valence-electron chi connectivity index (χ3n) is 4.01. The van der Waals surface area contributed by atoms with Crippen LogP contribution in [-0.2, 0) is 0 Å². The van der Waals surface area contributed by atoms with Gasteiger partial charge in [-0.2, -0.15) is 0 Å². The minimum Gasteiger partial charge on any atom is -0.381 e. The Hall–Kier alpha value is -2.36. The quantitative estimate of drug-likeness (QED) is 0.896. The molecule has 1 aromatic heterocycles. The van der Waals surface area contributed by atoms with Crippen LogP contribution in [0.25, 0.3) is 0 Å². The predicted octanol–water partition coefficient (Wildman–Crippen LogP) is 4.00. The van der Waals surface area contributed by atoms with Gasteiger partial charge in [-0.05, 0) is 44.0 Å². The number of anilines is 2. The molecule has 2 N–H and O–H groups in total. The zero-order chi connectivity index (χ0) is 15.4. The number of nitrogens with one attached hydrogen (secondary N) is 2. The molecule has 1 aromatic carbocycles. The fourth-order valence-electron chi connectivity index (χ4n) is 2.83. The van der Waals surface area contributed by atoms with Crippen molar-refractivity contribution in [3.8, 4) is 0 Å². The third-order valence-corrected chi connectivity index (χ3v) is 4.01. The van der Waals surface area contributed by atoms with Crippen LogP contribution < -0.4 is 10.6 Å². The number of hydrogen-bond acceptors (Lipinski definition) is 3. The molecule has 0 aliphatic heterocycles. The summed E-state index contributed by atoms with van der Waals surface area (Å²) in [5.74, 6) is 0.441. The van der Waals surface area contributed by atoms with Gasteiger partial charge in [0.25, 0.3) is 5.91 Å². The molecule has 0 unspecified atom stereocenters. The molecule has 1 fully saturated rings. The largest absolute Gasteiger partial charge is 0.381 e. The molecule has 1 saturated carbocycles. The second-order valence-corrected chi connectivity index (χ2v) is 5.88. The van der Waals surface area contributed by atoms with Gasteiger partial charge in [0.05, 0.1) is 11.9 Å². The van der Waals surface area contributed by atoms with E-state index in [0.29, 0.717) is 17.4 Å². The van der Waals surface area contributed by atoms with Gasteiger partial charge in [0.2, 0.25) is 0 Å². The summed E-state index contributed by atoms with van der Waals surface area (Å²) < 4.78 is 0. The molecule has 22 heavy (non-hydrogen) atoms. The zero-order valence-corrected chi connectivity index (χ0v) is 12.8. The Balaban J connectivity index is 1.61. The maximum Gasteiger partial charge on any atom is 0.256 e. The number of carbonyl (C=O) groups is 1. The number of aryl methyl sites for hydroxylation is 1. The van der Waals surface area contributed by atoms with Gasteiger partial charge < -0.3 is 10.6 Å². The summed E-state index contributed by atoms with van der Waals surface area (Å²) in [7, 11) is 0. The molecular weight excluding hydrogens is 274 g/mol. The Morgan fingerprint density at radius 1 is 1.18 bits per heavy atom. The molecule has 4 heteroatoms. The molecule has 1 aliphatic rings. The number of aromatic nitrogens is 1. The van der Waals surface area contributed by atoms with Crippen molar-refractivity contribution in [2.75, 3.05) is 10.6 Å². The Morgan fingerprint density at radius 3 is 2.68 bits per heavy atom. The molecule has 1 amide bonds. The highest BCUT2D eigenvalue weighted by Gasteiger charge is 2.14. The van der Waals surface area contributed by atoms with Gasteiger partial charge >= 0.3 is 0 Å². The van der Waals surface area contributed by atoms with Gasteiger partial charge in [0.15, 0.2) is 0 Å².